The van der Waals surface area contributed by atoms with Crippen LogP contribution in [0.25, 0.3) is 5.57 Å². The molecular formula is C16H9F2NO2. The van der Waals surface area contributed by atoms with Crippen LogP contribution in [0.1, 0.15) is 11.1 Å². The Labute approximate surface area is 119 Å². The van der Waals surface area contributed by atoms with Crippen molar-refractivity contribution in [3.8, 4) is 6.07 Å². The zero-order chi connectivity index (χ0) is 15.4. The van der Waals surface area contributed by atoms with Gasteiger partial charge in [-0.2, -0.15) is 5.26 Å². The van der Waals surface area contributed by atoms with Crippen molar-refractivity contribution < 1.29 is 18.7 Å². The molecule has 0 bridgehead atoms. The molecule has 1 N–H and O–H groups in total. The highest BCUT2D eigenvalue weighted by Gasteiger charge is 2.17. The quantitative estimate of drug-likeness (QED) is 0.694. The van der Waals surface area contributed by atoms with Gasteiger partial charge in [0.1, 0.15) is 23.3 Å². The molecule has 0 aromatic heterocycles. The van der Waals surface area contributed by atoms with Crippen molar-refractivity contribution in [1.29, 1.82) is 5.26 Å². The number of carboxylic acids is 1. The minimum Gasteiger partial charge on any atom is -0.477 e. The number of aliphatic carboxylic acids is 1. The van der Waals surface area contributed by atoms with Gasteiger partial charge in [0.05, 0.1) is 0 Å². The van der Waals surface area contributed by atoms with Gasteiger partial charge in [-0.05, 0) is 35.4 Å². The van der Waals surface area contributed by atoms with E-state index in [0.717, 1.165) is 24.3 Å². The summed E-state index contributed by atoms with van der Waals surface area (Å²) in [5.74, 6) is -2.36. The average Bonchev–Trinajstić information content (AvgIpc) is 2.46. The highest BCUT2D eigenvalue weighted by Crippen LogP contribution is 2.27. The molecule has 0 aliphatic carbocycles. The summed E-state index contributed by atoms with van der Waals surface area (Å²) >= 11 is 0. The lowest BCUT2D eigenvalue weighted by atomic mass is 9.93. The maximum absolute atomic E-state index is 13.0. The molecule has 0 amide bonds. The van der Waals surface area contributed by atoms with Crippen LogP contribution in [-0.2, 0) is 4.79 Å². The van der Waals surface area contributed by atoms with Gasteiger partial charge in [-0.15, -0.1) is 0 Å². The van der Waals surface area contributed by atoms with Crippen LogP contribution in [0.5, 0.6) is 0 Å². The van der Waals surface area contributed by atoms with Crippen molar-refractivity contribution in [3.63, 3.8) is 0 Å². The molecule has 2 aromatic rings. The van der Waals surface area contributed by atoms with Gasteiger partial charge in [0.2, 0.25) is 0 Å². The fourth-order valence-corrected chi connectivity index (χ4v) is 1.90. The predicted molar refractivity (Wildman–Crippen MR) is 72.1 cm³/mol. The normalized spacial score (nSPS) is 9.76. The van der Waals surface area contributed by atoms with E-state index in [2.05, 4.69) is 0 Å². The third-order valence-corrected chi connectivity index (χ3v) is 2.84. The molecule has 0 atom stereocenters. The van der Waals surface area contributed by atoms with Gasteiger partial charge >= 0.3 is 5.97 Å². The van der Waals surface area contributed by atoms with E-state index in [1.165, 1.54) is 24.3 Å². The van der Waals surface area contributed by atoms with E-state index in [0.29, 0.717) is 11.1 Å². The number of benzene rings is 2. The van der Waals surface area contributed by atoms with Crippen LogP contribution in [0.2, 0.25) is 0 Å². The number of halogens is 2. The van der Waals surface area contributed by atoms with E-state index in [9.17, 15) is 13.6 Å². The summed E-state index contributed by atoms with van der Waals surface area (Å²) in [6.07, 6.45) is 0. The standard InChI is InChI=1S/C16H9F2NO2/c17-12-5-1-10(2-6-12)15(14(9-19)16(20)21)11-3-7-13(18)8-4-11/h1-8H,(H,20,21). The van der Waals surface area contributed by atoms with Crippen LogP contribution in [0.3, 0.4) is 0 Å². The van der Waals surface area contributed by atoms with Crippen molar-refractivity contribution in [1.82, 2.24) is 0 Å². The Morgan fingerprint density at radius 2 is 1.29 bits per heavy atom. The average molecular weight is 285 g/mol. The Bertz CT molecular complexity index is 694. The number of hydrogen-bond acceptors (Lipinski definition) is 2. The van der Waals surface area contributed by atoms with Crippen molar-refractivity contribution in [3.05, 3.63) is 76.9 Å². The molecule has 0 fully saturated rings. The van der Waals surface area contributed by atoms with E-state index in [1.54, 1.807) is 6.07 Å². The molecule has 0 heterocycles. The first-order valence-corrected chi connectivity index (χ1v) is 5.92. The van der Waals surface area contributed by atoms with Crippen molar-refractivity contribution in [2.24, 2.45) is 0 Å². The van der Waals surface area contributed by atoms with Crippen molar-refractivity contribution in [2.45, 2.75) is 0 Å². The van der Waals surface area contributed by atoms with Gasteiger partial charge in [-0.25, -0.2) is 13.6 Å². The SMILES string of the molecule is N#CC(C(=O)O)=C(c1ccc(F)cc1)c1ccc(F)cc1. The highest BCUT2D eigenvalue weighted by molar-refractivity contribution is 6.04. The van der Waals surface area contributed by atoms with Gasteiger partial charge < -0.3 is 5.11 Å². The van der Waals surface area contributed by atoms with Gasteiger partial charge in [0.25, 0.3) is 0 Å². The fraction of sp³-hybridized carbons (Fsp3) is 0. The molecule has 21 heavy (non-hydrogen) atoms. The van der Waals surface area contributed by atoms with Crippen LogP contribution in [0.15, 0.2) is 54.1 Å². The van der Waals surface area contributed by atoms with E-state index in [-0.39, 0.29) is 5.57 Å². The zero-order valence-corrected chi connectivity index (χ0v) is 10.7. The monoisotopic (exact) mass is 285 g/mol. The first-order valence-electron chi connectivity index (χ1n) is 5.92. The number of carbonyl (C=O) groups is 1. The Morgan fingerprint density at radius 1 is 0.905 bits per heavy atom. The van der Waals surface area contributed by atoms with E-state index < -0.39 is 23.2 Å². The summed E-state index contributed by atoms with van der Waals surface area (Å²) in [5.41, 5.74) is 0.349. The van der Waals surface area contributed by atoms with Gasteiger partial charge in [0.15, 0.2) is 0 Å². The largest absolute Gasteiger partial charge is 0.477 e. The minimum atomic E-state index is -1.40. The van der Waals surface area contributed by atoms with E-state index in [4.69, 9.17) is 10.4 Å². The smallest absolute Gasteiger partial charge is 0.347 e. The second-order valence-corrected chi connectivity index (χ2v) is 4.18. The Hall–Kier alpha value is -3.00. The molecule has 3 nitrogen and oxygen atoms in total. The third-order valence-electron chi connectivity index (χ3n) is 2.84. The minimum absolute atomic E-state index is 0.116. The lowest BCUT2D eigenvalue weighted by Crippen LogP contribution is -2.04. The van der Waals surface area contributed by atoms with Gasteiger partial charge in [0, 0.05) is 5.57 Å². The first-order chi connectivity index (χ1) is 10.0. The summed E-state index contributed by atoms with van der Waals surface area (Å²) in [4.78, 5) is 11.2. The third kappa shape index (κ3) is 3.12. The molecule has 5 heteroatoms. The lowest BCUT2D eigenvalue weighted by Gasteiger charge is -2.10. The fourth-order valence-electron chi connectivity index (χ4n) is 1.90. The molecule has 2 rings (SSSR count). The molecule has 0 saturated heterocycles. The summed E-state index contributed by atoms with van der Waals surface area (Å²) in [6, 6.07) is 11.7. The summed E-state index contributed by atoms with van der Waals surface area (Å²) in [5, 5.41) is 18.2. The second-order valence-electron chi connectivity index (χ2n) is 4.18. The van der Waals surface area contributed by atoms with Gasteiger partial charge in [-0.3, -0.25) is 0 Å². The number of hydrogen-bond donors (Lipinski definition) is 1. The highest BCUT2D eigenvalue weighted by atomic mass is 19.1. The maximum atomic E-state index is 13.0. The summed E-state index contributed by atoms with van der Waals surface area (Å²) in [7, 11) is 0. The van der Waals surface area contributed by atoms with Crippen LogP contribution < -0.4 is 0 Å². The molecular weight excluding hydrogens is 276 g/mol. The number of nitrogens with zero attached hydrogens (tertiary/aromatic N) is 1. The first kappa shape index (κ1) is 14.4. The molecule has 0 radical (unpaired) electrons. The maximum Gasteiger partial charge on any atom is 0.347 e. The summed E-state index contributed by atoms with van der Waals surface area (Å²) < 4.78 is 26.0. The van der Waals surface area contributed by atoms with Crippen LogP contribution in [-0.4, -0.2) is 11.1 Å². The Balaban J connectivity index is 2.71. The Kier molecular flexibility index (Phi) is 4.10. The van der Waals surface area contributed by atoms with Crippen LogP contribution >= 0.6 is 0 Å². The molecule has 0 aliphatic rings. The van der Waals surface area contributed by atoms with Crippen LogP contribution in [0, 0.1) is 23.0 Å². The number of carboxylic acid groups (broad SMARTS) is 1. The van der Waals surface area contributed by atoms with E-state index in [1.807, 2.05) is 0 Å². The second kappa shape index (κ2) is 5.97. The predicted octanol–water partition coefficient (Wildman–Crippen LogP) is 3.37. The topological polar surface area (TPSA) is 61.1 Å². The van der Waals surface area contributed by atoms with Crippen LogP contribution in [0.4, 0.5) is 8.78 Å². The van der Waals surface area contributed by atoms with Crippen molar-refractivity contribution in [2.75, 3.05) is 0 Å². The molecule has 0 spiro atoms. The molecule has 0 aliphatic heterocycles. The van der Waals surface area contributed by atoms with Crippen molar-refractivity contribution >= 4 is 11.5 Å². The van der Waals surface area contributed by atoms with Gasteiger partial charge in [-0.1, -0.05) is 24.3 Å². The Morgan fingerprint density at radius 3 is 1.57 bits per heavy atom. The zero-order valence-electron chi connectivity index (χ0n) is 10.7. The number of rotatable bonds is 3. The molecule has 2 aromatic carbocycles. The summed E-state index contributed by atoms with van der Waals surface area (Å²) in [6.45, 7) is 0. The lowest BCUT2D eigenvalue weighted by molar-refractivity contribution is -0.132. The molecule has 0 saturated carbocycles. The molecule has 0 unspecified atom stereocenters. The van der Waals surface area contributed by atoms with E-state index >= 15 is 0 Å². The molecule has 104 valence electrons. The number of nitriles is 1.